The average molecular weight is 417 g/mol. The van der Waals surface area contributed by atoms with Gasteiger partial charge in [-0.2, -0.15) is 0 Å². The Labute approximate surface area is 170 Å². The van der Waals surface area contributed by atoms with Gasteiger partial charge in [-0.25, -0.2) is 0 Å². The third kappa shape index (κ3) is 11.1. The Hall–Kier alpha value is -0.626. The van der Waals surface area contributed by atoms with Gasteiger partial charge in [0.15, 0.2) is 0 Å². The molecule has 0 fully saturated rings. The van der Waals surface area contributed by atoms with Gasteiger partial charge in [-0.1, -0.05) is 79.1 Å². The van der Waals surface area contributed by atoms with Crippen LogP contribution in [0.2, 0.25) is 29.8 Å². The Morgan fingerprint density at radius 1 is 0.593 bits per heavy atom. The lowest BCUT2D eigenvalue weighted by atomic mass is 10.4. The van der Waals surface area contributed by atoms with Crippen LogP contribution in [0.3, 0.4) is 0 Å². The lowest BCUT2D eigenvalue weighted by Crippen LogP contribution is -2.52. The van der Waals surface area contributed by atoms with Gasteiger partial charge in [0.25, 0.3) is 28.6 Å². The molecule has 0 saturated carbocycles. The molecule has 0 aliphatic heterocycles. The zero-order valence-corrected chi connectivity index (χ0v) is 20.8. The van der Waals surface area contributed by atoms with Crippen molar-refractivity contribution in [1.82, 2.24) is 0 Å². The minimum absolute atomic E-state index is 0.148. The van der Waals surface area contributed by atoms with Gasteiger partial charge in [0.1, 0.15) is 0 Å². The van der Waals surface area contributed by atoms with Crippen molar-refractivity contribution in [2.24, 2.45) is 0 Å². The fraction of sp³-hybridized carbons (Fsp3) is 0.905. The molecule has 0 atom stereocenters. The minimum atomic E-state index is -2.27. The predicted molar refractivity (Wildman–Crippen MR) is 119 cm³/mol. The maximum atomic E-state index is 12.0. The van der Waals surface area contributed by atoms with Crippen LogP contribution in [0.25, 0.3) is 0 Å². The number of hydrogen-bond acceptors (Lipinski definition) is 4. The van der Waals surface area contributed by atoms with E-state index in [0.717, 1.165) is 81.2 Å². The summed E-state index contributed by atoms with van der Waals surface area (Å²) in [5, 5.41) is 0. The van der Waals surface area contributed by atoms with Gasteiger partial charge in [0.2, 0.25) is 0 Å². The predicted octanol–water partition coefficient (Wildman–Crippen LogP) is 6.74. The Morgan fingerprint density at radius 3 is 1.04 bits per heavy atom. The standard InChI is InChI=1S/C21H44O4Si2/c1-7-11-15-26(16-12-8-2,24-20(5)22)19-27(17-13-9-3,18-14-10-4)25-21(6)23/h7-19H2,1-6H3. The zero-order chi connectivity index (χ0) is 20.8. The summed E-state index contributed by atoms with van der Waals surface area (Å²) in [6.07, 6.45) is 8.79. The Kier molecular flexibility index (Phi) is 14.0. The smallest absolute Gasteiger partial charge is 0.289 e. The SMILES string of the molecule is CCCC[Si](CCCC)(C[Si](CCCC)(CCCC)OC(C)=O)OC(C)=O. The first-order valence-electron chi connectivity index (χ1n) is 11.2. The Bertz CT molecular complexity index is 372. The molecule has 0 aromatic carbocycles. The molecule has 4 nitrogen and oxygen atoms in total. The highest BCUT2D eigenvalue weighted by molar-refractivity contribution is 6.93. The molecular weight excluding hydrogens is 372 g/mol. The molecule has 0 bridgehead atoms. The highest BCUT2D eigenvalue weighted by Gasteiger charge is 2.49. The second-order valence-electron chi connectivity index (χ2n) is 8.14. The van der Waals surface area contributed by atoms with Gasteiger partial charge in [-0.15, -0.1) is 0 Å². The maximum absolute atomic E-state index is 12.0. The summed E-state index contributed by atoms with van der Waals surface area (Å²) < 4.78 is 12.4. The van der Waals surface area contributed by atoms with Crippen molar-refractivity contribution in [2.75, 3.05) is 0 Å². The Morgan fingerprint density at radius 2 is 0.852 bits per heavy atom. The molecule has 0 amide bonds. The van der Waals surface area contributed by atoms with Gasteiger partial charge in [-0.3, -0.25) is 9.59 Å². The van der Waals surface area contributed by atoms with E-state index in [-0.39, 0.29) is 11.9 Å². The molecule has 0 aliphatic rings. The van der Waals surface area contributed by atoms with E-state index >= 15 is 0 Å². The molecule has 0 heterocycles. The van der Waals surface area contributed by atoms with Crippen molar-refractivity contribution in [1.29, 1.82) is 0 Å². The fourth-order valence-electron chi connectivity index (χ4n) is 4.07. The van der Waals surface area contributed by atoms with E-state index in [0.29, 0.717) is 0 Å². The highest BCUT2D eigenvalue weighted by Crippen LogP contribution is 2.38. The summed E-state index contributed by atoms with van der Waals surface area (Å²) in [6.45, 7) is 11.9. The molecular formula is C21H44O4Si2. The van der Waals surface area contributed by atoms with Crippen LogP contribution in [-0.2, 0) is 18.4 Å². The second-order valence-corrected chi connectivity index (χ2v) is 16.7. The molecule has 0 rings (SSSR count). The van der Waals surface area contributed by atoms with Crippen LogP contribution in [0.5, 0.6) is 0 Å². The van der Waals surface area contributed by atoms with Gasteiger partial charge in [0.05, 0.1) is 0 Å². The van der Waals surface area contributed by atoms with E-state index in [1.54, 1.807) is 13.8 Å². The highest BCUT2D eigenvalue weighted by atomic mass is 28.4. The van der Waals surface area contributed by atoms with Crippen LogP contribution < -0.4 is 0 Å². The van der Waals surface area contributed by atoms with Crippen LogP contribution in [0.1, 0.15) is 92.9 Å². The van der Waals surface area contributed by atoms with Crippen molar-refractivity contribution < 1.29 is 18.4 Å². The molecule has 27 heavy (non-hydrogen) atoms. The summed E-state index contributed by atoms with van der Waals surface area (Å²) in [4.78, 5) is 24.1. The molecule has 0 saturated heterocycles. The number of rotatable bonds is 16. The molecule has 0 aliphatic carbocycles. The zero-order valence-electron chi connectivity index (χ0n) is 18.8. The van der Waals surface area contributed by atoms with Crippen LogP contribution in [0.4, 0.5) is 0 Å². The van der Waals surface area contributed by atoms with E-state index in [1.165, 1.54) is 0 Å². The van der Waals surface area contributed by atoms with Gasteiger partial charge < -0.3 is 8.85 Å². The first-order chi connectivity index (χ1) is 12.8. The minimum Gasteiger partial charge on any atom is -0.519 e. The third-order valence-corrected chi connectivity index (χ3v) is 17.0. The van der Waals surface area contributed by atoms with E-state index in [1.807, 2.05) is 0 Å². The number of hydrogen-bond donors (Lipinski definition) is 0. The van der Waals surface area contributed by atoms with Crippen molar-refractivity contribution in [3.63, 3.8) is 0 Å². The van der Waals surface area contributed by atoms with E-state index in [9.17, 15) is 9.59 Å². The topological polar surface area (TPSA) is 52.6 Å². The van der Waals surface area contributed by atoms with Crippen molar-refractivity contribution in [3.8, 4) is 0 Å². The third-order valence-electron chi connectivity index (χ3n) is 5.31. The monoisotopic (exact) mass is 416 g/mol. The van der Waals surface area contributed by atoms with Crippen molar-refractivity contribution in [2.45, 2.75) is 123 Å². The summed E-state index contributed by atoms with van der Waals surface area (Å²) in [6, 6.07) is 4.05. The first kappa shape index (κ1) is 26.4. The Balaban J connectivity index is 5.89. The number of carbonyl (C=O) groups excluding carboxylic acids is 2. The van der Waals surface area contributed by atoms with Crippen LogP contribution in [0.15, 0.2) is 0 Å². The molecule has 0 aromatic rings. The van der Waals surface area contributed by atoms with Crippen molar-refractivity contribution >= 4 is 28.6 Å². The summed E-state index contributed by atoms with van der Waals surface area (Å²) in [7, 11) is -4.54. The molecule has 6 heteroatoms. The van der Waals surface area contributed by atoms with E-state index in [4.69, 9.17) is 8.85 Å². The second kappa shape index (κ2) is 14.4. The molecule has 0 N–H and O–H groups in total. The largest absolute Gasteiger partial charge is 0.519 e. The number of carbonyl (C=O) groups is 2. The van der Waals surface area contributed by atoms with Crippen LogP contribution in [0, 0.1) is 0 Å². The fourth-order valence-corrected chi connectivity index (χ4v) is 18.3. The molecule has 0 radical (unpaired) electrons. The molecule has 0 unspecified atom stereocenters. The maximum Gasteiger partial charge on any atom is 0.289 e. The van der Waals surface area contributed by atoms with Crippen LogP contribution >= 0.6 is 0 Å². The van der Waals surface area contributed by atoms with E-state index in [2.05, 4.69) is 27.7 Å². The van der Waals surface area contributed by atoms with Gasteiger partial charge in [-0.05, 0) is 24.2 Å². The average Bonchev–Trinajstić information content (AvgIpc) is 2.60. The summed E-state index contributed by atoms with van der Waals surface area (Å²) in [5.41, 5.74) is 0.902. The van der Waals surface area contributed by atoms with Crippen LogP contribution in [-0.4, -0.2) is 28.6 Å². The number of unbranched alkanes of at least 4 members (excludes halogenated alkanes) is 4. The summed E-state index contributed by atoms with van der Waals surface area (Å²) in [5.74, 6) is -0.295. The van der Waals surface area contributed by atoms with Crippen molar-refractivity contribution in [3.05, 3.63) is 0 Å². The lowest BCUT2D eigenvalue weighted by Gasteiger charge is -2.39. The summed E-state index contributed by atoms with van der Waals surface area (Å²) >= 11 is 0. The normalized spacial score (nSPS) is 12.1. The van der Waals surface area contributed by atoms with Gasteiger partial charge >= 0.3 is 0 Å². The lowest BCUT2D eigenvalue weighted by molar-refractivity contribution is -0.133. The molecule has 0 spiro atoms. The molecule has 0 aromatic heterocycles. The quantitative estimate of drug-likeness (QED) is 0.261. The first-order valence-corrected chi connectivity index (χ1v) is 16.2. The van der Waals surface area contributed by atoms with Gasteiger partial charge in [0, 0.05) is 19.5 Å². The van der Waals surface area contributed by atoms with E-state index < -0.39 is 16.6 Å². The molecule has 160 valence electrons.